The van der Waals surface area contributed by atoms with Crippen LogP contribution in [0, 0.1) is 0 Å². The molecule has 94 valence electrons. The van der Waals surface area contributed by atoms with Gasteiger partial charge in [0, 0.05) is 44.8 Å². The molecular formula is C12H26N4. The highest BCUT2D eigenvalue weighted by atomic mass is 15.3. The lowest BCUT2D eigenvalue weighted by Crippen LogP contribution is -2.65. The number of hydrogen-bond acceptors (Lipinski definition) is 4. The van der Waals surface area contributed by atoms with Crippen LogP contribution in [0.15, 0.2) is 0 Å². The first-order chi connectivity index (χ1) is 7.66. The van der Waals surface area contributed by atoms with E-state index in [1.54, 1.807) is 0 Å². The van der Waals surface area contributed by atoms with Crippen LogP contribution in [0.25, 0.3) is 0 Å². The van der Waals surface area contributed by atoms with Gasteiger partial charge < -0.3 is 15.5 Å². The molecule has 2 rings (SSSR count). The number of likely N-dealkylation sites (N-methyl/N-ethyl adjacent to an activating group) is 2. The first-order valence-electron chi connectivity index (χ1n) is 6.48. The number of hydrogen-bond donors (Lipinski definition) is 1. The molecule has 4 heteroatoms. The Bertz CT molecular complexity index is 225. The number of nitrogens with zero attached hydrogens (tertiary/aromatic N) is 3. The fourth-order valence-corrected chi connectivity index (χ4v) is 3.17. The Morgan fingerprint density at radius 2 is 1.69 bits per heavy atom. The number of piperidine rings is 1. The van der Waals surface area contributed by atoms with Crippen LogP contribution in [0.5, 0.6) is 0 Å². The van der Waals surface area contributed by atoms with Crippen molar-refractivity contribution < 1.29 is 0 Å². The number of piperazine rings is 1. The summed E-state index contributed by atoms with van der Waals surface area (Å²) < 4.78 is 0. The lowest BCUT2D eigenvalue weighted by Gasteiger charge is -2.51. The van der Waals surface area contributed by atoms with Crippen molar-refractivity contribution in [2.24, 2.45) is 5.73 Å². The van der Waals surface area contributed by atoms with Gasteiger partial charge in [0.2, 0.25) is 0 Å². The number of likely N-dealkylation sites (tertiary alicyclic amines) is 1. The van der Waals surface area contributed by atoms with E-state index in [2.05, 4.69) is 28.8 Å². The molecule has 0 amide bonds. The molecule has 2 aliphatic rings. The highest BCUT2D eigenvalue weighted by molar-refractivity contribution is 4.98. The fourth-order valence-electron chi connectivity index (χ4n) is 3.17. The van der Waals surface area contributed by atoms with Crippen LogP contribution in [0.2, 0.25) is 0 Å². The summed E-state index contributed by atoms with van der Waals surface area (Å²) in [5.41, 5.74) is 6.34. The van der Waals surface area contributed by atoms with Crippen LogP contribution < -0.4 is 5.73 Å². The highest BCUT2D eigenvalue weighted by Gasteiger charge is 2.39. The van der Waals surface area contributed by atoms with Crippen molar-refractivity contribution in [3.05, 3.63) is 0 Å². The summed E-state index contributed by atoms with van der Waals surface area (Å²) >= 11 is 0. The summed E-state index contributed by atoms with van der Waals surface area (Å²) in [6.07, 6.45) is 2.57. The quantitative estimate of drug-likeness (QED) is 0.699. The van der Waals surface area contributed by atoms with Crippen molar-refractivity contribution in [1.29, 1.82) is 0 Å². The molecule has 0 spiro atoms. The molecule has 0 aromatic rings. The topological polar surface area (TPSA) is 35.7 Å². The van der Waals surface area contributed by atoms with E-state index in [0.29, 0.717) is 0 Å². The van der Waals surface area contributed by atoms with Crippen LogP contribution in [0.3, 0.4) is 0 Å². The van der Waals surface area contributed by atoms with Gasteiger partial charge in [0.05, 0.1) is 0 Å². The van der Waals surface area contributed by atoms with Crippen LogP contribution in [-0.2, 0) is 0 Å². The molecular weight excluding hydrogens is 200 g/mol. The maximum Gasteiger partial charge on any atom is 0.0459 e. The Morgan fingerprint density at radius 1 is 1.00 bits per heavy atom. The summed E-state index contributed by atoms with van der Waals surface area (Å²) in [5.74, 6) is 0. The second kappa shape index (κ2) is 5.00. The Labute approximate surface area is 99.4 Å². The summed E-state index contributed by atoms with van der Waals surface area (Å²) in [5, 5.41) is 0. The van der Waals surface area contributed by atoms with Crippen molar-refractivity contribution >= 4 is 0 Å². The molecule has 2 N–H and O–H groups in total. The first kappa shape index (κ1) is 12.3. The largest absolute Gasteiger partial charge is 0.329 e. The Hall–Kier alpha value is -0.160. The Balaban J connectivity index is 2.02. The molecule has 2 saturated heterocycles. The van der Waals surface area contributed by atoms with Crippen LogP contribution in [0.4, 0.5) is 0 Å². The zero-order valence-corrected chi connectivity index (χ0v) is 10.8. The summed E-state index contributed by atoms with van der Waals surface area (Å²) in [6.45, 7) is 7.92. The zero-order chi connectivity index (χ0) is 11.6. The molecule has 0 aromatic heterocycles. The molecule has 0 saturated carbocycles. The van der Waals surface area contributed by atoms with Gasteiger partial charge in [0.15, 0.2) is 0 Å². The maximum atomic E-state index is 6.08. The third-order valence-electron chi connectivity index (χ3n) is 4.30. The van der Waals surface area contributed by atoms with Crippen molar-refractivity contribution in [2.45, 2.75) is 18.4 Å². The molecule has 2 aliphatic heterocycles. The minimum atomic E-state index is 0.258. The molecule has 2 fully saturated rings. The average Bonchev–Trinajstić information content (AvgIpc) is 2.29. The minimum Gasteiger partial charge on any atom is -0.329 e. The SMILES string of the molecule is CN1CCN(C2(CN)CCCN(C)C2)CC1. The maximum absolute atomic E-state index is 6.08. The van der Waals surface area contributed by atoms with E-state index < -0.39 is 0 Å². The van der Waals surface area contributed by atoms with Crippen LogP contribution in [0.1, 0.15) is 12.8 Å². The van der Waals surface area contributed by atoms with Crippen LogP contribution >= 0.6 is 0 Å². The van der Waals surface area contributed by atoms with E-state index in [1.807, 2.05) is 0 Å². The smallest absolute Gasteiger partial charge is 0.0459 e. The van der Waals surface area contributed by atoms with Gasteiger partial charge in [0.1, 0.15) is 0 Å². The second-order valence-electron chi connectivity index (χ2n) is 5.56. The molecule has 2 heterocycles. The molecule has 0 radical (unpaired) electrons. The van der Waals surface area contributed by atoms with Crippen molar-refractivity contribution in [1.82, 2.24) is 14.7 Å². The van der Waals surface area contributed by atoms with Gasteiger partial charge in [-0.1, -0.05) is 0 Å². The standard InChI is InChI=1S/C12H26N4/c1-14-6-8-16(9-7-14)12(10-13)4-3-5-15(2)11-12/h3-11,13H2,1-2H3. The van der Waals surface area contributed by atoms with E-state index in [1.165, 1.54) is 45.6 Å². The lowest BCUT2D eigenvalue weighted by molar-refractivity contribution is -0.00210. The van der Waals surface area contributed by atoms with E-state index in [9.17, 15) is 0 Å². The van der Waals surface area contributed by atoms with Crippen molar-refractivity contribution in [2.75, 3.05) is 59.9 Å². The highest BCUT2D eigenvalue weighted by Crippen LogP contribution is 2.27. The molecule has 1 unspecified atom stereocenters. The first-order valence-corrected chi connectivity index (χ1v) is 6.48. The van der Waals surface area contributed by atoms with E-state index >= 15 is 0 Å². The average molecular weight is 226 g/mol. The van der Waals surface area contributed by atoms with Crippen molar-refractivity contribution in [3.63, 3.8) is 0 Å². The predicted octanol–water partition coefficient (Wildman–Crippen LogP) is -0.343. The molecule has 0 bridgehead atoms. The molecule has 4 nitrogen and oxygen atoms in total. The van der Waals surface area contributed by atoms with Gasteiger partial charge in [-0.2, -0.15) is 0 Å². The van der Waals surface area contributed by atoms with Gasteiger partial charge in [-0.15, -0.1) is 0 Å². The van der Waals surface area contributed by atoms with Gasteiger partial charge >= 0.3 is 0 Å². The van der Waals surface area contributed by atoms with Gasteiger partial charge in [-0.3, -0.25) is 4.90 Å². The number of rotatable bonds is 2. The monoisotopic (exact) mass is 226 g/mol. The van der Waals surface area contributed by atoms with Gasteiger partial charge in [-0.25, -0.2) is 0 Å². The van der Waals surface area contributed by atoms with Crippen LogP contribution in [-0.4, -0.2) is 80.1 Å². The van der Waals surface area contributed by atoms with E-state index in [4.69, 9.17) is 5.73 Å². The lowest BCUT2D eigenvalue weighted by atomic mass is 9.86. The minimum absolute atomic E-state index is 0.258. The molecule has 0 aliphatic carbocycles. The van der Waals surface area contributed by atoms with Crippen molar-refractivity contribution in [3.8, 4) is 0 Å². The summed E-state index contributed by atoms with van der Waals surface area (Å²) in [6, 6.07) is 0. The molecule has 16 heavy (non-hydrogen) atoms. The van der Waals surface area contributed by atoms with E-state index in [-0.39, 0.29) is 5.54 Å². The Kier molecular flexibility index (Phi) is 3.85. The second-order valence-corrected chi connectivity index (χ2v) is 5.56. The zero-order valence-electron chi connectivity index (χ0n) is 10.8. The molecule has 1 atom stereocenters. The Morgan fingerprint density at radius 3 is 2.25 bits per heavy atom. The van der Waals surface area contributed by atoms with E-state index in [0.717, 1.165) is 13.1 Å². The molecule has 0 aromatic carbocycles. The third kappa shape index (κ3) is 2.40. The summed E-state index contributed by atoms with van der Waals surface area (Å²) in [4.78, 5) is 7.49. The van der Waals surface area contributed by atoms with Gasteiger partial charge in [-0.05, 0) is 33.5 Å². The number of nitrogens with two attached hydrogens (primary N) is 1. The summed E-state index contributed by atoms with van der Waals surface area (Å²) in [7, 11) is 4.43. The third-order valence-corrected chi connectivity index (χ3v) is 4.30. The fraction of sp³-hybridized carbons (Fsp3) is 1.00. The normalized spacial score (nSPS) is 35.4. The van der Waals surface area contributed by atoms with Gasteiger partial charge in [0.25, 0.3) is 0 Å². The predicted molar refractivity (Wildman–Crippen MR) is 67.6 cm³/mol.